The maximum atomic E-state index is 15.2. The second-order valence-electron chi connectivity index (χ2n) is 7.18. The fraction of sp³-hybridized carbons (Fsp3) is 0. The van der Waals surface area contributed by atoms with Crippen LogP contribution in [0.25, 0.3) is 0 Å². The van der Waals surface area contributed by atoms with Gasteiger partial charge in [-0.1, -0.05) is 36.4 Å². The highest BCUT2D eigenvalue weighted by Gasteiger charge is 2.43. The summed E-state index contributed by atoms with van der Waals surface area (Å²) in [6, 6.07) is 16.2. The monoisotopic (exact) mass is 546 g/mol. The Morgan fingerprint density at radius 2 is 1.00 bits per heavy atom. The van der Waals surface area contributed by atoms with Gasteiger partial charge in [-0.15, -0.1) is 0 Å². The Bertz CT molecular complexity index is 1480. The average molecular weight is 546 g/mol. The molecule has 0 amide bonds. The zero-order valence-electron chi connectivity index (χ0n) is 17.7. The summed E-state index contributed by atoms with van der Waals surface area (Å²) < 4.78 is 131. The quantitative estimate of drug-likeness (QED) is 0.145. The molecule has 12 heteroatoms. The van der Waals surface area contributed by atoms with E-state index in [4.69, 9.17) is 3.63 Å². The molecule has 0 aliphatic rings. The second kappa shape index (κ2) is 9.60. The lowest BCUT2D eigenvalue weighted by Gasteiger charge is -2.39. The van der Waals surface area contributed by atoms with E-state index in [9.17, 15) is 34.8 Å². The molecule has 4 aromatic carbocycles. The summed E-state index contributed by atoms with van der Waals surface area (Å²) in [7, 11) is -9.69. The van der Waals surface area contributed by atoms with Crippen LogP contribution in [-0.4, -0.2) is 8.42 Å². The molecule has 36 heavy (non-hydrogen) atoms. The van der Waals surface area contributed by atoms with Gasteiger partial charge < -0.3 is 0 Å². The molecule has 0 N–H and O–H groups in total. The predicted molar refractivity (Wildman–Crippen MR) is 116 cm³/mol. The van der Waals surface area contributed by atoms with Crippen LogP contribution in [0.4, 0.5) is 30.7 Å². The number of hydrogen-bond acceptors (Lipinski definition) is 3. The van der Waals surface area contributed by atoms with Gasteiger partial charge in [0.1, 0.15) is 11.6 Å². The van der Waals surface area contributed by atoms with Crippen LogP contribution in [-0.2, 0) is 13.7 Å². The minimum absolute atomic E-state index is 0.0332. The number of hydrogen-bond donors (Lipinski definition) is 0. The summed E-state index contributed by atoms with van der Waals surface area (Å²) in [6.45, 7) is 0. The summed E-state index contributed by atoms with van der Waals surface area (Å²) in [5, 5.41) is 0. The summed E-state index contributed by atoms with van der Waals surface area (Å²) in [6.07, 6.45) is 0. The van der Waals surface area contributed by atoms with E-state index in [2.05, 4.69) is 0 Å². The molecule has 0 bridgehead atoms. The molecule has 0 unspecified atom stereocenters. The topological polar surface area (TPSA) is 43.4 Å². The van der Waals surface area contributed by atoms with Crippen LogP contribution in [0.2, 0.25) is 0 Å². The van der Waals surface area contributed by atoms with Crippen molar-refractivity contribution in [2.75, 3.05) is 0 Å². The van der Waals surface area contributed by atoms with E-state index in [0.717, 1.165) is 12.1 Å². The molecule has 0 heterocycles. The van der Waals surface area contributed by atoms with Gasteiger partial charge in [0.05, 0.1) is 4.90 Å². The molecule has 0 aromatic heterocycles. The first kappa shape index (κ1) is 25.7. The van der Waals surface area contributed by atoms with Crippen molar-refractivity contribution in [2.24, 2.45) is 0 Å². The molecule has 0 aliphatic heterocycles. The van der Waals surface area contributed by atoms with Crippen molar-refractivity contribution in [1.82, 2.24) is 0 Å². The van der Waals surface area contributed by atoms with Crippen LogP contribution in [0.3, 0.4) is 0 Å². The van der Waals surface area contributed by atoms with Gasteiger partial charge in [0.2, 0.25) is 5.82 Å². The number of rotatable bonds is 6. The first-order chi connectivity index (χ1) is 17.0. The van der Waals surface area contributed by atoms with E-state index in [1.54, 1.807) is 0 Å². The van der Waals surface area contributed by atoms with Crippen molar-refractivity contribution in [3.63, 3.8) is 0 Å². The van der Waals surface area contributed by atoms with Gasteiger partial charge in [0.25, 0.3) is 0 Å². The van der Waals surface area contributed by atoms with Crippen LogP contribution in [0.1, 0.15) is 0 Å². The molecular formula is C24H13F7O3S2. The molecular weight excluding hydrogens is 533 g/mol. The summed E-state index contributed by atoms with van der Waals surface area (Å²) in [5.74, 6) is -15.2. The third-order valence-corrected chi connectivity index (χ3v) is 10.2. The normalized spacial score (nSPS) is 12.5. The zero-order valence-corrected chi connectivity index (χ0v) is 19.3. The predicted octanol–water partition coefficient (Wildman–Crippen LogP) is 7.26. The molecule has 0 fully saturated rings. The standard InChI is InChI=1S/C24H13F7O3S2/c25-14-11-12-18(17(26)13-14)35(15-7-3-1-4-8-15,16-9-5-2-6-10-16)34-36(32,33)24-22(30)20(28)19(27)21(29)23(24)31/h1-13H. The first-order valence-electron chi connectivity index (χ1n) is 9.87. The van der Waals surface area contributed by atoms with Gasteiger partial charge in [-0.3, -0.25) is 0 Å². The molecule has 4 rings (SSSR count). The molecule has 0 saturated carbocycles. The van der Waals surface area contributed by atoms with Crippen molar-refractivity contribution >= 4 is 20.4 Å². The molecule has 0 atom stereocenters. The summed E-state index contributed by atoms with van der Waals surface area (Å²) in [5.41, 5.74) is 0. The highest BCUT2D eigenvalue weighted by molar-refractivity contribution is 8.33. The van der Waals surface area contributed by atoms with Crippen molar-refractivity contribution in [2.45, 2.75) is 19.6 Å². The van der Waals surface area contributed by atoms with Crippen molar-refractivity contribution in [3.05, 3.63) is 120 Å². The lowest BCUT2D eigenvalue weighted by molar-refractivity contribution is 0.353. The largest absolute Gasteiger partial charge is 0.313 e. The van der Waals surface area contributed by atoms with Gasteiger partial charge in [-0.2, -0.15) is 8.42 Å². The van der Waals surface area contributed by atoms with E-state index in [0.29, 0.717) is 6.07 Å². The minimum atomic E-state index is -5.83. The van der Waals surface area contributed by atoms with Gasteiger partial charge in [-0.25, -0.2) is 34.4 Å². The third-order valence-electron chi connectivity index (χ3n) is 4.97. The van der Waals surface area contributed by atoms with Crippen LogP contribution in [0, 0.1) is 40.7 Å². The van der Waals surface area contributed by atoms with Crippen molar-refractivity contribution in [1.29, 1.82) is 0 Å². The Balaban J connectivity index is 2.11. The number of benzene rings is 4. The van der Waals surface area contributed by atoms with E-state index in [1.165, 1.54) is 60.7 Å². The fourth-order valence-corrected chi connectivity index (χ4v) is 8.75. The van der Waals surface area contributed by atoms with E-state index >= 15 is 4.39 Å². The molecule has 0 spiro atoms. The highest BCUT2D eigenvalue weighted by atomic mass is 32.3. The lowest BCUT2D eigenvalue weighted by Crippen LogP contribution is -2.19. The van der Waals surface area contributed by atoms with E-state index in [1.807, 2.05) is 0 Å². The fourth-order valence-electron chi connectivity index (χ4n) is 3.41. The van der Waals surface area contributed by atoms with Crippen LogP contribution in [0.5, 0.6) is 0 Å². The smallest absolute Gasteiger partial charge is 0.207 e. The van der Waals surface area contributed by atoms with E-state index in [-0.39, 0.29) is 9.79 Å². The van der Waals surface area contributed by atoms with Crippen LogP contribution >= 0.6 is 10.3 Å². The van der Waals surface area contributed by atoms with Gasteiger partial charge >= 0.3 is 10.1 Å². The maximum absolute atomic E-state index is 15.2. The summed E-state index contributed by atoms with van der Waals surface area (Å²) in [4.78, 5) is -2.85. The highest BCUT2D eigenvalue weighted by Crippen LogP contribution is 2.70. The molecule has 0 saturated heterocycles. The Morgan fingerprint density at radius 1 is 0.556 bits per heavy atom. The SMILES string of the molecule is O=S(=O)(OS(c1ccccc1)(c1ccccc1)c1ccc(F)cc1F)c1c(F)c(F)c(F)c(F)c1F. The van der Waals surface area contributed by atoms with Crippen LogP contribution < -0.4 is 0 Å². The summed E-state index contributed by atoms with van der Waals surface area (Å²) >= 11 is 0. The molecule has 0 aliphatic carbocycles. The molecule has 0 radical (unpaired) electrons. The molecule has 188 valence electrons. The van der Waals surface area contributed by atoms with E-state index < -0.39 is 70.9 Å². The first-order valence-corrected chi connectivity index (χ1v) is 12.8. The molecule has 4 aromatic rings. The Morgan fingerprint density at radius 3 is 1.44 bits per heavy atom. The minimum Gasteiger partial charge on any atom is -0.207 e. The Kier molecular flexibility index (Phi) is 6.86. The second-order valence-corrected chi connectivity index (χ2v) is 11.5. The maximum Gasteiger partial charge on any atom is 0.313 e. The zero-order chi connectivity index (χ0) is 26.3. The molecule has 3 nitrogen and oxygen atoms in total. The lowest BCUT2D eigenvalue weighted by atomic mass is 10.3. The Labute approximate surface area is 202 Å². The van der Waals surface area contributed by atoms with Gasteiger partial charge in [0, 0.05) is 15.9 Å². The van der Waals surface area contributed by atoms with Crippen LogP contribution in [0.15, 0.2) is 98.4 Å². The van der Waals surface area contributed by atoms with Gasteiger partial charge in [-0.05, 0) is 46.7 Å². The average Bonchev–Trinajstić information content (AvgIpc) is 2.86. The van der Waals surface area contributed by atoms with Gasteiger partial charge in [0.15, 0.2) is 28.2 Å². The number of halogens is 7. The Hall–Kier alpha value is -3.35. The van der Waals surface area contributed by atoms with Crippen molar-refractivity contribution < 1.29 is 42.8 Å². The third kappa shape index (κ3) is 4.25. The van der Waals surface area contributed by atoms with Crippen molar-refractivity contribution in [3.8, 4) is 0 Å².